The van der Waals surface area contributed by atoms with Crippen LogP contribution in [0.15, 0.2) is 34.9 Å². The van der Waals surface area contributed by atoms with Crippen molar-refractivity contribution in [2.75, 3.05) is 0 Å². The van der Waals surface area contributed by atoms with Gasteiger partial charge in [-0.1, -0.05) is 0 Å². The third-order valence-electron chi connectivity index (χ3n) is 2.13. The largest absolute Gasteiger partial charge is 0.461 e. The molecule has 0 atom stereocenters. The van der Waals surface area contributed by atoms with E-state index in [-0.39, 0.29) is 23.7 Å². The molecule has 2 rings (SSSR count). The highest BCUT2D eigenvalue weighted by molar-refractivity contribution is 7.14. The van der Waals surface area contributed by atoms with Gasteiger partial charge in [0.1, 0.15) is 0 Å². The van der Waals surface area contributed by atoms with E-state index < -0.39 is 0 Å². The van der Waals surface area contributed by atoms with E-state index in [0.717, 1.165) is 4.88 Å². The van der Waals surface area contributed by atoms with Crippen LogP contribution in [-0.4, -0.2) is 11.6 Å². The number of carbonyl (C=O) groups is 2. The Kier molecular flexibility index (Phi) is 3.01. The molecule has 0 amide bonds. The average molecular weight is 234 g/mol. The zero-order chi connectivity index (χ0) is 11.5. The topological polar surface area (TPSA) is 47.3 Å². The number of hydrogen-bond acceptors (Lipinski definition) is 4. The van der Waals surface area contributed by atoms with Gasteiger partial charge in [0.25, 0.3) is 0 Å². The van der Waals surface area contributed by atoms with Gasteiger partial charge in [0.15, 0.2) is 11.5 Å². The molecule has 82 valence electrons. The predicted octanol–water partition coefficient (Wildman–Crippen LogP) is 3.11. The van der Waals surface area contributed by atoms with Crippen molar-refractivity contribution in [3.05, 3.63) is 46.0 Å². The summed E-state index contributed by atoms with van der Waals surface area (Å²) in [6, 6.07) is 6.81. The second kappa shape index (κ2) is 4.45. The van der Waals surface area contributed by atoms with E-state index in [4.69, 9.17) is 4.42 Å². The van der Waals surface area contributed by atoms with Crippen LogP contribution in [0.1, 0.15) is 31.5 Å². The van der Waals surface area contributed by atoms with Gasteiger partial charge in [-0.25, -0.2) is 0 Å². The lowest BCUT2D eigenvalue weighted by Crippen LogP contribution is -2.06. The van der Waals surface area contributed by atoms with E-state index in [1.807, 2.05) is 13.0 Å². The number of furan rings is 1. The molecule has 2 heterocycles. The molecule has 0 radical (unpaired) electrons. The highest BCUT2D eigenvalue weighted by atomic mass is 32.1. The summed E-state index contributed by atoms with van der Waals surface area (Å²) in [5.41, 5.74) is 0. The third kappa shape index (κ3) is 2.28. The molecule has 0 aromatic carbocycles. The summed E-state index contributed by atoms with van der Waals surface area (Å²) in [5.74, 6) is -0.192. The number of ketones is 2. The first-order valence-corrected chi connectivity index (χ1v) is 5.65. The van der Waals surface area contributed by atoms with Crippen molar-refractivity contribution in [1.29, 1.82) is 0 Å². The maximum absolute atomic E-state index is 11.7. The van der Waals surface area contributed by atoms with Crippen molar-refractivity contribution in [1.82, 2.24) is 0 Å². The van der Waals surface area contributed by atoms with E-state index in [2.05, 4.69) is 0 Å². The molecule has 0 spiro atoms. The quantitative estimate of drug-likeness (QED) is 0.603. The molecule has 0 N–H and O–H groups in total. The van der Waals surface area contributed by atoms with Crippen LogP contribution in [0.3, 0.4) is 0 Å². The molecule has 0 unspecified atom stereocenters. The van der Waals surface area contributed by atoms with E-state index in [1.165, 1.54) is 17.6 Å². The lowest BCUT2D eigenvalue weighted by molar-refractivity contribution is 0.0880. The summed E-state index contributed by atoms with van der Waals surface area (Å²) in [5, 5.41) is 0. The Morgan fingerprint density at radius 1 is 1.25 bits per heavy atom. The van der Waals surface area contributed by atoms with E-state index >= 15 is 0 Å². The van der Waals surface area contributed by atoms with Gasteiger partial charge in [0.05, 0.1) is 17.6 Å². The Balaban J connectivity index is 2.06. The zero-order valence-corrected chi connectivity index (χ0v) is 9.54. The second-order valence-electron chi connectivity index (χ2n) is 3.41. The molecule has 3 nitrogen and oxygen atoms in total. The third-order valence-corrected chi connectivity index (χ3v) is 3.17. The Hall–Kier alpha value is -1.68. The van der Waals surface area contributed by atoms with Gasteiger partial charge < -0.3 is 4.42 Å². The van der Waals surface area contributed by atoms with E-state index in [9.17, 15) is 9.59 Å². The van der Waals surface area contributed by atoms with Gasteiger partial charge in [-0.2, -0.15) is 0 Å². The first-order valence-electron chi connectivity index (χ1n) is 4.83. The molecule has 2 aromatic heterocycles. The summed E-state index contributed by atoms with van der Waals surface area (Å²) in [4.78, 5) is 25.0. The number of Topliss-reactive ketones (excluding diaryl/α,β-unsaturated/α-hetero) is 2. The van der Waals surface area contributed by atoms with Crippen LogP contribution in [0.25, 0.3) is 0 Å². The predicted molar refractivity (Wildman–Crippen MR) is 61.0 cm³/mol. The highest BCUT2D eigenvalue weighted by Crippen LogP contribution is 2.18. The fourth-order valence-electron chi connectivity index (χ4n) is 1.34. The van der Waals surface area contributed by atoms with Gasteiger partial charge in [-0.15, -0.1) is 11.3 Å². The first kappa shape index (κ1) is 10.8. The maximum Gasteiger partial charge on any atom is 0.205 e. The molecule has 0 aliphatic rings. The minimum absolute atomic E-state index is 0.131. The number of aryl methyl sites for hydroxylation is 1. The molecule has 0 bridgehead atoms. The molecule has 16 heavy (non-hydrogen) atoms. The number of carbonyl (C=O) groups excluding carboxylic acids is 2. The summed E-state index contributed by atoms with van der Waals surface area (Å²) in [6.07, 6.45) is 1.29. The summed E-state index contributed by atoms with van der Waals surface area (Å²) < 4.78 is 4.94. The summed E-state index contributed by atoms with van der Waals surface area (Å²) in [6.45, 7) is 1.93. The molecule has 0 saturated carbocycles. The number of rotatable bonds is 4. The van der Waals surface area contributed by atoms with Crippen molar-refractivity contribution in [2.24, 2.45) is 0 Å². The van der Waals surface area contributed by atoms with Crippen molar-refractivity contribution in [3.8, 4) is 0 Å². The maximum atomic E-state index is 11.7. The van der Waals surface area contributed by atoms with Gasteiger partial charge in [0, 0.05) is 4.88 Å². The molecular formula is C12H10O3S. The van der Waals surface area contributed by atoms with E-state index in [1.54, 1.807) is 18.2 Å². The standard InChI is InChI=1S/C12H10O3S/c1-8-4-5-12(16-8)10(14)7-9(13)11-3-2-6-15-11/h2-6H,7H2,1H3. The molecule has 0 aliphatic carbocycles. The molecule has 2 aromatic rings. The van der Waals surface area contributed by atoms with Gasteiger partial charge in [-0.3, -0.25) is 9.59 Å². The summed E-state index contributed by atoms with van der Waals surface area (Å²) >= 11 is 1.40. The first-order chi connectivity index (χ1) is 7.66. The fourth-order valence-corrected chi connectivity index (χ4v) is 2.15. The summed E-state index contributed by atoms with van der Waals surface area (Å²) in [7, 11) is 0. The van der Waals surface area contributed by atoms with Crippen LogP contribution in [0.4, 0.5) is 0 Å². The van der Waals surface area contributed by atoms with Crippen molar-refractivity contribution < 1.29 is 14.0 Å². The van der Waals surface area contributed by atoms with Gasteiger partial charge in [-0.05, 0) is 31.2 Å². The highest BCUT2D eigenvalue weighted by Gasteiger charge is 2.16. The van der Waals surface area contributed by atoms with Crippen LogP contribution in [0.5, 0.6) is 0 Å². The van der Waals surface area contributed by atoms with Gasteiger partial charge >= 0.3 is 0 Å². The van der Waals surface area contributed by atoms with Crippen LogP contribution in [0.2, 0.25) is 0 Å². The number of hydrogen-bond donors (Lipinski definition) is 0. The lowest BCUT2D eigenvalue weighted by atomic mass is 10.1. The zero-order valence-electron chi connectivity index (χ0n) is 8.73. The average Bonchev–Trinajstić information content (AvgIpc) is 2.87. The lowest BCUT2D eigenvalue weighted by Gasteiger charge is -1.95. The minimum atomic E-state index is -0.277. The Labute approximate surface area is 96.7 Å². The molecule has 0 saturated heterocycles. The van der Waals surface area contributed by atoms with Crippen LogP contribution >= 0.6 is 11.3 Å². The Morgan fingerprint density at radius 3 is 2.62 bits per heavy atom. The van der Waals surface area contributed by atoms with E-state index in [0.29, 0.717) is 4.88 Å². The molecule has 4 heteroatoms. The Bertz CT molecular complexity index is 508. The monoisotopic (exact) mass is 234 g/mol. The van der Waals surface area contributed by atoms with Crippen LogP contribution < -0.4 is 0 Å². The normalized spacial score (nSPS) is 10.3. The Morgan fingerprint density at radius 2 is 2.06 bits per heavy atom. The molecule has 0 aliphatic heterocycles. The van der Waals surface area contributed by atoms with Crippen molar-refractivity contribution in [2.45, 2.75) is 13.3 Å². The van der Waals surface area contributed by atoms with Crippen molar-refractivity contribution >= 4 is 22.9 Å². The minimum Gasteiger partial charge on any atom is -0.461 e. The fraction of sp³-hybridized carbons (Fsp3) is 0.167. The number of thiophene rings is 1. The van der Waals surface area contributed by atoms with Gasteiger partial charge in [0.2, 0.25) is 5.78 Å². The molecule has 0 fully saturated rings. The van der Waals surface area contributed by atoms with Crippen LogP contribution in [-0.2, 0) is 0 Å². The van der Waals surface area contributed by atoms with Crippen molar-refractivity contribution in [3.63, 3.8) is 0 Å². The molecular weight excluding hydrogens is 224 g/mol. The van der Waals surface area contributed by atoms with Crippen LogP contribution in [0, 0.1) is 6.92 Å². The SMILES string of the molecule is Cc1ccc(C(=O)CC(=O)c2ccco2)s1. The second-order valence-corrected chi connectivity index (χ2v) is 4.70. The smallest absolute Gasteiger partial charge is 0.205 e.